The molecule has 3 rings (SSSR count). The summed E-state index contributed by atoms with van der Waals surface area (Å²) >= 11 is 0. The molecule has 0 radical (unpaired) electrons. The number of amides is 1. The molecule has 1 aromatic heterocycles. The van der Waals surface area contributed by atoms with Crippen molar-refractivity contribution in [1.82, 2.24) is 19.2 Å². The van der Waals surface area contributed by atoms with E-state index in [1.54, 1.807) is 17.9 Å². The minimum absolute atomic E-state index is 0.0108. The Morgan fingerprint density at radius 2 is 2.04 bits per heavy atom. The standard InChI is InChI=1S/C17H21FN4O4S/c1-13(26-15-6-3-2-5-14(15)18)17(23)21-7-4-8-22(10-9-21)27(24,25)16-11-19-12-20-16/h2-3,5-6,11-13H,4,7-10H2,1H3,(H,19,20). The summed E-state index contributed by atoms with van der Waals surface area (Å²) < 4.78 is 45.6. The highest BCUT2D eigenvalue weighted by molar-refractivity contribution is 7.89. The number of carbonyl (C=O) groups excluding carboxylic acids is 1. The Kier molecular flexibility index (Phi) is 5.76. The van der Waals surface area contributed by atoms with Gasteiger partial charge >= 0.3 is 0 Å². The van der Waals surface area contributed by atoms with Crippen LogP contribution in [0.25, 0.3) is 0 Å². The summed E-state index contributed by atoms with van der Waals surface area (Å²) in [6.45, 7) is 2.65. The Labute approximate surface area is 157 Å². The molecule has 1 unspecified atom stereocenters. The first-order valence-electron chi connectivity index (χ1n) is 8.58. The Morgan fingerprint density at radius 1 is 1.26 bits per heavy atom. The molecular formula is C17H21FN4O4S. The number of halogens is 1. The number of hydrogen-bond acceptors (Lipinski definition) is 5. The molecule has 8 nitrogen and oxygen atoms in total. The van der Waals surface area contributed by atoms with E-state index in [9.17, 15) is 17.6 Å². The van der Waals surface area contributed by atoms with Crippen LogP contribution < -0.4 is 4.74 Å². The smallest absolute Gasteiger partial charge is 0.263 e. The number of imidazole rings is 1. The molecule has 1 aromatic carbocycles. The zero-order valence-electron chi connectivity index (χ0n) is 14.8. The molecular weight excluding hydrogens is 375 g/mol. The highest BCUT2D eigenvalue weighted by Crippen LogP contribution is 2.19. The maximum absolute atomic E-state index is 13.7. The fourth-order valence-electron chi connectivity index (χ4n) is 2.92. The molecule has 1 N–H and O–H groups in total. The maximum atomic E-state index is 13.7. The number of carbonyl (C=O) groups is 1. The predicted octanol–water partition coefficient (Wildman–Crippen LogP) is 1.24. The highest BCUT2D eigenvalue weighted by atomic mass is 32.2. The zero-order chi connectivity index (χ0) is 19.4. The lowest BCUT2D eigenvalue weighted by Gasteiger charge is -2.25. The van der Waals surface area contributed by atoms with Crippen LogP contribution in [0.4, 0.5) is 4.39 Å². The molecule has 1 saturated heterocycles. The number of para-hydroxylation sites is 1. The van der Waals surface area contributed by atoms with Crippen LogP contribution in [0.2, 0.25) is 0 Å². The summed E-state index contributed by atoms with van der Waals surface area (Å²) in [5.41, 5.74) is 0. The van der Waals surface area contributed by atoms with Gasteiger partial charge in [0.25, 0.3) is 15.9 Å². The number of hydrogen-bond donors (Lipinski definition) is 1. The first-order valence-corrected chi connectivity index (χ1v) is 10.0. The van der Waals surface area contributed by atoms with E-state index in [0.717, 1.165) is 0 Å². The molecule has 1 atom stereocenters. The minimum atomic E-state index is -3.67. The summed E-state index contributed by atoms with van der Waals surface area (Å²) in [4.78, 5) is 20.5. The molecule has 0 aliphatic carbocycles. The van der Waals surface area contributed by atoms with Crippen molar-refractivity contribution in [2.45, 2.75) is 24.5 Å². The van der Waals surface area contributed by atoms with Gasteiger partial charge in [0.05, 0.1) is 12.5 Å². The quantitative estimate of drug-likeness (QED) is 0.820. The van der Waals surface area contributed by atoms with Gasteiger partial charge in [0.2, 0.25) is 0 Å². The normalized spacial score (nSPS) is 17.3. The maximum Gasteiger partial charge on any atom is 0.263 e. The molecule has 1 aliphatic heterocycles. The summed E-state index contributed by atoms with van der Waals surface area (Å²) in [6, 6.07) is 5.88. The van der Waals surface area contributed by atoms with E-state index in [0.29, 0.717) is 19.5 Å². The van der Waals surface area contributed by atoms with E-state index in [2.05, 4.69) is 9.97 Å². The molecule has 0 spiro atoms. The number of nitrogens with one attached hydrogen (secondary N) is 1. The third kappa shape index (κ3) is 4.28. The summed E-state index contributed by atoms with van der Waals surface area (Å²) in [5, 5.41) is 0.0264. The molecule has 0 saturated carbocycles. The minimum Gasteiger partial charge on any atom is -0.478 e. The van der Waals surface area contributed by atoms with Crippen molar-refractivity contribution in [2.75, 3.05) is 26.2 Å². The topological polar surface area (TPSA) is 95.6 Å². The van der Waals surface area contributed by atoms with Gasteiger partial charge in [-0.05, 0) is 25.5 Å². The van der Waals surface area contributed by atoms with Gasteiger partial charge in [-0.25, -0.2) is 17.8 Å². The van der Waals surface area contributed by atoms with Crippen LogP contribution in [0.5, 0.6) is 5.75 Å². The molecule has 27 heavy (non-hydrogen) atoms. The fraction of sp³-hybridized carbons (Fsp3) is 0.412. The molecule has 2 aromatic rings. The van der Waals surface area contributed by atoms with Crippen molar-refractivity contribution in [3.8, 4) is 5.75 Å². The van der Waals surface area contributed by atoms with E-state index in [-0.39, 0.29) is 29.8 Å². The van der Waals surface area contributed by atoms with Gasteiger partial charge in [0.1, 0.15) is 0 Å². The monoisotopic (exact) mass is 396 g/mol. The summed E-state index contributed by atoms with van der Waals surface area (Å²) in [5.74, 6) is -0.833. The largest absolute Gasteiger partial charge is 0.478 e. The second kappa shape index (κ2) is 8.05. The van der Waals surface area contributed by atoms with Gasteiger partial charge in [0, 0.05) is 26.2 Å². The first-order chi connectivity index (χ1) is 12.9. The van der Waals surface area contributed by atoms with Gasteiger partial charge in [-0.2, -0.15) is 4.31 Å². The van der Waals surface area contributed by atoms with Crippen molar-refractivity contribution in [3.05, 3.63) is 42.6 Å². The number of ether oxygens (including phenoxy) is 1. The Hall–Kier alpha value is -2.46. The average molecular weight is 396 g/mol. The van der Waals surface area contributed by atoms with Gasteiger partial charge in [-0.15, -0.1) is 0 Å². The number of rotatable bonds is 5. The van der Waals surface area contributed by atoms with Gasteiger partial charge in [-0.1, -0.05) is 12.1 Å². The number of sulfonamides is 1. The molecule has 10 heteroatoms. The van der Waals surface area contributed by atoms with Crippen molar-refractivity contribution in [2.24, 2.45) is 0 Å². The molecule has 1 aliphatic rings. The third-order valence-electron chi connectivity index (χ3n) is 4.35. The van der Waals surface area contributed by atoms with Crippen molar-refractivity contribution >= 4 is 15.9 Å². The molecule has 146 valence electrons. The third-order valence-corrected chi connectivity index (χ3v) is 6.17. The zero-order valence-corrected chi connectivity index (χ0v) is 15.7. The van der Waals surface area contributed by atoms with Crippen molar-refractivity contribution < 1.29 is 22.3 Å². The van der Waals surface area contributed by atoms with Crippen molar-refractivity contribution in [3.63, 3.8) is 0 Å². The van der Waals surface area contributed by atoms with E-state index < -0.39 is 21.9 Å². The van der Waals surface area contributed by atoms with Crippen LogP contribution in [-0.4, -0.2) is 65.8 Å². The SMILES string of the molecule is CC(Oc1ccccc1F)C(=O)N1CCCN(S(=O)(=O)c2cnc[nH]2)CC1. The second-order valence-electron chi connectivity index (χ2n) is 6.19. The van der Waals surface area contributed by atoms with Crippen LogP contribution in [0.1, 0.15) is 13.3 Å². The predicted molar refractivity (Wildman–Crippen MR) is 95.0 cm³/mol. The number of H-pyrrole nitrogens is 1. The Balaban J connectivity index is 1.63. The highest BCUT2D eigenvalue weighted by Gasteiger charge is 2.31. The van der Waals surface area contributed by atoms with Crippen LogP contribution in [-0.2, 0) is 14.8 Å². The second-order valence-corrected chi connectivity index (χ2v) is 8.10. The van der Waals surface area contributed by atoms with E-state index in [1.807, 2.05) is 0 Å². The molecule has 1 fully saturated rings. The van der Waals surface area contributed by atoms with Crippen molar-refractivity contribution in [1.29, 1.82) is 0 Å². The summed E-state index contributed by atoms with van der Waals surface area (Å²) in [7, 11) is -3.67. The molecule has 1 amide bonds. The van der Waals surface area contributed by atoms with Gasteiger partial charge in [-0.3, -0.25) is 4.79 Å². The number of aromatic amines is 1. The lowest BCUT2D eigenvalue weighted by atomic mass is 10.3. The molecule has 0 bridgehead atoms. The first kappa shape index (κ1) is 19.3. The van der Waals surface area contributed by atoms with Crippen LogP contribution >= 0.6 is 0 Å². The Bertz CT molecular complexity index is 888. The number of benzene rings is 1. The number of nitrogens with zero attached hydrogens (tertiary/aromatic N) is 3. The fourth-order valence-corrected chi connectivity index (χ4v) is 4.28. The van der Waals surface area contributed by atoms with Crippen LogP contribution in [0, 0.1) is 5.82 Å². The number of aromatic nitrogens is 2. The molecule has 2 heterocycles. The average Bonchev–Trinajstić information content (AvgIpc) is 3.08. The van der Waals surface area contributed by atoms with Gasteiger partial charge in [0.15, 0.2) is 22.7 Å². The lowest BCUT2D eigenvalue weighted by Crippen LogP contribution is -2.43. The van der Waals surface area contributed by atoms with Crippen LogP contribution in [0.15, 0.2) is 41.8 Å². The van der Waals surface area contributed by atoms with E-state index in [1.165, 1.54) is 35.0 Å². The van der Waals surface area contributed by atoms with Gasteiger partial charge < -0.3 is 14.6 Å². The summed E-state index contributed by atoms with van der Waals surface area (Å²) in [6.07, 6.45) is 2.18. The van der Waals surface area contributed by atoms with E-state index >= 15 is 0 Å². The lowest BCUT2D eigenvalue weighted by molar-refractivity contribution is -0.137. The Morgan fingerprint density at radius 3 is 2.74 bits per heavy atom. The van der Waals surface area contributed by atoms with E-state index in [4.69, 9.17) is 4.74 Å². The van der Waals surface area contributed by atoms with Crippen LogP contribution in [0.3, 0.4) is 0 Å².